The monoisotopic (exact) mass is 239 g/mol. The Balaban J connectivity index is 2.40. The van der Waals surface area contributed by atoms with Gasteiger partial charge in [0.15, 0.2) is 11.6 Å². The van der Waals surface area contributed by atoms with Gasteiger partial charge in [-0.25, -0.2) is 8.78 Å². The van der Waals surface area contributed by atoms with Gasteiger partial charge >= 0.3 is 0 Å². The summed E-state index contributed by atoms with van der Waals surface area (Å²) in [6.45, 7) is 1.82. The number of aromatic nitrogens is 2. The highest BCUT2D eigenvalue weighted by molar-refractivity contribution is 5.53. The molecule has 17 heavy (non-hydrogen) atoms. The third-order valence-corrected chi connectivity index (χ3v) is 2.43. The number of nitrogens with one attached hydrogen (secondary N) is 1. The Hall–Kier alpha value is -1.82. The Morgan fingerprint density at radius 1 is 1.29 bits per heavy atom. The standard InChI is InChI=1S/C11H11F2N3O/c1-6(14-2)10-15-16-11(17-10)7-4-3-5-8(12)9(7)13/h3-6,14H,1-2H3. The van der Waals surface area contributed by atoms with Gasteiger partial charge in [-0.3, -0.25) is 0 Å². The molecule has 0 radical (unpaired) electrons. The van der Waals surface area contributed by atoms with Crippen molar-refractivity contribution in [2.75, 3.05) is 7.05 Å². The molecule has 1 aromatic heterocycles. The van der Waals surface area contributed by atoms with Gasteiger partial charge in [0.05, 0.1) is 11.6 Å². The fourth-order valence-electron chi connectivity index (χ4n) is 1.31. The van der Waals surface area contributed by atoms with Crippen molar-refractivity contribution in [2.45, 2.75) is 13.0 Å². The number of rotatable bonds is 3. The van der Waals surface area contributed by atoms with E-state index in [4.69, 9.17) is 4.42 Å². The highest BCUT2D eigenvalue weighted by Gasteiger charge is 2.17. The van der Waals surface area contributed by atoms with Crippen LogP contribution in [-0.4, -0.2) is 17.2 Å². The fraction of sp³-hybridized carbons (Fsp3) is 0.273. The molecule has 1 atom stereocenters. The predicted octanol–water partition coefficient (Wildman–Crippen LogP) is 2.30. The van der Waals surface area contributed by atoms with Crippen molar-refractivity contribution in [2.24, 2.45) is 0 Å². The van der Waals surface area contributed by atoms with Crippen molar-refractivity contribution >= 4 is 0 Å². The van der Waals surface area contributed by atoms with E-state index in [0.29, 0.717) is 5.89 Å². The molecule has 6 heteroatoms. The van der Waals surface area contributed by atoms with E-state index in [1.165, 1.54) is 12.1 Å². The van der Waals surface area contributed by atoms with E-state index in [1.807, 2.05) is 6.92 Å². The minimum absolute atomic E-state index is 0.0286. The minimum Gasteiger partial charge on any atom is -0.419 e. The lowest BCUT2D eigenvalue weighted by atomic mass is 10.2. The number of halogens is 2. The van der Waals surface area contributed by atoms with E-state index < -0.39 is 11.6 Å². The highest BCUT2D eigenvalue weighted by Crippen LogP contribution is 2.24. The summed E-state index contributed by atoms with van der Waals surface area (Å²) in [6, 6.07) is 3.67. The zero-order valence-electron chi connectivity index (χ0n) is 9.37. The molecule has 4 nitrogen and oxygen atoms in total. The number of nitrogens with zero attached hydrogens (tertiary/aromatic N) is 2. The Labute approximate surface area is 96.7 Å². The summed E-state index contributed by atoms with van der Waals surface area (Å²) in [4.78, 5) is 0. The van der Waals surface area contributed by atoms with Gasteiger partial charge < -0.3 is 9.73 Å². The predicted molar refractivity (Wildman–Crippen MR) is 57.1 cm³/mol. The van der Waals surface area contributed by atoms with Crippen LogP contribution >= 0.6 is 0 Å². The van der Waals surface area contributed by atoms with Gasteiger partial charge in [0.25, 0.3) is 5.89 Å². The first-order valence-electron chi connectivity index (χ1n) is 5.08. The van der Waals surface area contributed by atoms with E-state index in [2.05, 4.69) is 15.5 Å². The number of hydrogen-bond acceptors (Lipinski definition) is 4. The van der Waals surface area contributed by atoms with Crippen molar-refractivity contribution in [1.82, 2.24) is 15.5 Å². The van der Waals surface area contributed by atoms with Crippen molar-refractivity contribution in [3.05, 3.63) is 35.7 Å². The van der Waals surface area contributed by atoms with Crippen LogP contribution in [0.1, 0.15) is 18.9 Å². The van der Waals surface area contributed by atoms with E-state index in [1.54, 1.807) is 7.05 Å². The first-order valence-corrected chi connectivity index (χ1v) is 5.08. The van der Waals surface area contributed by atoms with Gasteiger partial charge in [0.2, 0.25) is 5.89 Å². The highest BCUT2D eigenvalue weighted by atomic mass is 19.2. The van der Waals surface area contributed by atoms with Crippen LogP contribution < -0.4 is 5.32 Å². The van der Waals surface area contributed by atoms with Crippen LogP contribution in [0.5, 0.6) is 0 Å². The lowest BCUT2D eigenvalue weighted by molar-refractivity contribution is 0.437. The van der Waals surface area contributed by atoms with E-state index in [0.717, 1.165) is 6.07 Å². The largest absolute Gasteiger partial charge is 0.419 e. The second-order valence-corrected chi connectivity index (χ2v) is 3.56. The first kappa shape index (κ1) is 11.7. The lowest BCUT2D eigenvalue weighted by Gasteiger charge is -2.02. The summed E-state index contributed by atoms with van der Waals surface area (Å²) in [5.41, 5.74) is -0.0351. The van der Waals surface area contributed by atoms with Gasteiger partial charge in [-0.05, 0) is 26.1 Å². The Morgan fingerprint density at radius 2 is 2.06 bits per heavy atom. The van der Waals surface area contributed by atoms with Crippen molar-refractivity contribution in [3.63, 3.8) is 0 Å². The van der Waals surface area contributed by atoms with Crippen molar-refractivity contribution in [1.29, 1.82) is 0 Å². The normalized spacial score (nSPS) is 12.7. The van der Waals surface area contributed by atoms with E-state index in [9.17, 15) is 8.78 Å². The fourth-order valence-corrected chi connectivity index (χ4v) is 1.31. The van der Waals surface area contributed by atoms with E-state index >= 15 is 0 Å². The molecule has 90 valence electrons. The molecule has 0 spiro atoms. The zero-order valence-corrected chi connectivity index (χ0v) is 9.37. The molecule has 2 aromatic rings. The summed E-state index contributed by atoms with van der Waals surface area (Å²) in [7, 11) is 1.73. The van der Waals surface area contributed by atoms with Gasteiger partial charge in [0.1, 0.15) is 0 Å². The molecule has 0 fully saturated rings. The molecule has 1 aromatic carbocycles. The minimum atomic E-state index is -0.986. The van der Waals surface area contributed by atoms with Crippen LogP contribution in [0.25, 0.3) is 11.5 Å². The molecule has 0 aliphatic carbocycles. The summed E-state index contributed by atoms with van der Waals surface area (Å²) in [5, 5.41) is 10.4. The molecule has 0 bridgehead atoms. The van der Waals surface area contributed by atoms with Crippen molar-refractivity contribution < 1.29 is 13.2 Å². The second-order valence-electron chi connectivity index (χ2n) is 3.56. The van der Waals surface area contributed by atoms with E-state index in [-0.39, 0.29) is 17.5 Å². The van der Waals surface area contributed by atoms with Gasteiger partial charge in [-0.1, -0.05) is 6.07 Å². The molecule has 1 unspecified atom stereocenters. The summed E-state index contributed by atoms with van der Waals surface area (Å²) in [5.74, 6) is -1.63. The van der Waals surface area contributed by atoms with Gasteiger partial charge in [-0.2, -0.15) is 0 Å². The first-order chi connectivity index (χ1) is 8.13. The zero-order chi connectivity index (χ0) is 12.4. The molecule has 2 rings (SSSR count). The maximum atomic E-state index is 13.5. The maximum Gasteiger partial charge on any atom is 0.250 e. The molecular weight excluding hydrogens is 228 g/mol. The molecule has 0 saturated heterocycles. The SMILES string of the molecule is CNC(C)c1nnc(-c2cccc(F)c2F)o1. The molecule has 0 aliphatic rings. The number of hydrogen-bond donors (Lipinski definition) is 1. The van der Waals surface area contributed by atoms with Crippen LogP contribution in [-0.2, 0) is 0 Å². The molecule has 0 aliphatic heterocycles. The molecule has 1 heterocycles. The lowest BCUT2D eigenvalue weighted by Crippen LogP contribution is -2.12. The van der Waals surface area contributed by atoms with Gasteiger partial charge in [-0.15, -0.1) is 10.2 Å². The Kier molecular flexibility index (Phi) is 3.14. The number of benzene rings is 1. The molecule has 0 saturated carbocycles. The Bertz CT molecular complexity index is 527. The average Bonchev–Trinajstić information content (AvgIpc) is 2.81. The molecule has 1 N–H and O–H groups in total. The van der Waals surface area contributed by atoms with Crippen LogP contribution in [0, 0.1) is 11.6 Å². The second kappa shape index (κ2) is 4.58. The topological polar surface area (TPSA) is 51.0 Å². The molecule has 0 amide bonds. The Morgan fingerprint density at radius 3 is 2.76 bits per heavy atom. The third-order valence-electron chi connectivity index (χ3n) is 2.43. The average molecular weight is 239 g/mol. The maximum absolute atomic E-state index is 13.5. The molecular formula is C11H11F2N3O. The quantitative estimate of drug-likeness (QED) is 0.892. The van der Waals surface area contributed by atoms with Crippen LogP contribution in [0.4, 0.5) is 8.78 Å². The van der Waals surface area contributed by atoms with Crippen LogP contribution in [0.15, 0.2) is 22.6 Å². The smallest absolute Gasteiger partial charge is 0.250 e. The summed E-state index contributed by atoms with van der Waals surface area (Å²) in [6.07, 6.45) is 0. The van der Waals surface area contributed by atoms with Gasteiger partial charge in [0, 0.05) is 0 Å². The van der Waals surface area contributed by atoms with Crippen molar-refractivity contribution in [3.8, 4) is 11.5 Å². The van der Waals surface area contributed by atoms with Crippen LogP contribution in [0.2, 0.25) is 0 Å². The summed E-state index contributed by atoms with van der Waals surface area (Å²) < 4.78 is 31.7. The van der Waals surface area contributed by atoms with Crippen LogP contribution in [0.3, 0.4) is 0 Å². The third kappa shape index (κ3) is 2.16. The summed E-state index contributed by atoms with van der Waals surface area (Å²) >= 11 is 0.